The van der Waals surface area contributed by atoms with E-state index in [0.29, 0.717) is 0 Å². The normalized spacial score (nSPS) is 9.92. The Morgan fingerprint density at radius 3 is 2.42 bits per heavy atom. The number of benzene rings is 1. The van der Waals surface area contributed by atoms with Crippen molar-refractivity contribution >= 4 is 5.91 Å². The fraction of sp³-hybridized carbons (Fsp3) is 0.125. The lowest BCUT2D eigenvalue weighted by Crippen LogP contribution is -2.14. The maximum absolute atomic E-state index is 12.8. The van der Waals surface area contributed by atoms with E-state index in [1.165, 1.54) is 13.0 Å². The van der Waals surface area contributed by atoms with Gasteiger partial charge in [-0.05, 0) is 18.6 Å². The van der Waals surface area contributed by atoms with E-state index >= 15 is 0 Å². The summed E-state index contributed by atoms with van der Waals surface area (Å²) in [6.45, 7) is 1.41. The van der Waals surface area contributed by atoms with Crippen LogP contribution in [0.3, 0.4) is 0 Å². The second-order valence-electron chi connectivity index (χ2n) is 2.42. The van der Waals surface area contributed by atoms with Crippen LogP contribution < -0.4 is 5.73 Å². The van der Waals surface area contributed by atoms with Gasteiger partial charge in [-0.3, -0.25) is 4.79 Å². The minimum absolute atomic E-state index is 0.150. The molecule has 0 aliphatic carbocycles. The van der Waals surface area contributed by atoms with Gasteiger partial charge in [-0.15, -0.1) is 0 Å². The fourth-order valence-electron chi connectivity index (χ4n) is 0.836. The number of nitrogens with two attached hydrogens (primary N) is 1. The molecule has 2 N–H and O–H groups in total. The summed E-state index contributed by atoms with van der Waals surface area (Å²) < 4.78 is 25.6. The molecule has 0 bridgehead atoms. The van der Waals surface area contributed by atoms with Gasteiger partial charge in [0.15, 0.2) is 11.6 Å². The predicted molar refractivity (Wildman–Crippen MR) is 39.6 cm³/mol. The highest BCUT2D eigenvalue weighted by molar-refractivity contribution is 5.93. The van der Waals surface area contributed by atoms with Gasteiger partial charge in [0, 0.05) is 0 Å². The molecule has 0 atom stereocenters. The molecule has 0 aliphatic heterocycles. The molecule has 1 amide bonds. The summed E-state index contributed by atoms with van der Waals surface area (Å²) in [4.78, 5) is 10.5. The molecule has 2 nitrogen and oxygen atoms in total. The molecule has 0 radical (unpaired) electrons. The van der Waals surface area contributed by atoms with Crippen LogP contribution in [0.4, 0.5) is 8.78 Å². The molecule has 4 heteroatoms. The van der Waals surface area contributed by atoms with E-state index in [-0.39, 0.29) is 5.56 Å². The van der Waals surface area contributed by atoms with Crippen LogP contribution in [0, 0.1) is 18.6 Å². The van der Waals surface area contributed by atoms with Crippen molar-refractivity contribution in [3.63, 3.8) is 0 Å². The SMILES string of the molecule is Cc1ccc(C(N)=O)c(F)c1F. The molecular formula is C8H7F2NO. The molecule has 12 heavy (non-hydrogen) atoms. The first-order chi connectivity index (χ1) is 5.54. The van der Waals surface area contributed by atoms with Crippen molar-refractivity contribution in [2.24, 2.45) is 5.73 Å². The van der Waals surface area contributed by atoms with Gasteiger partial charge >= 0.3 is 0 Å². The Kier molecular flexibility index (Phi) is 2.08. The Labute approximate surface area is 68.0 Å². The summed E-state index contributed by atoms with van der Waals surface area (Å²) in [6.07, 6.45) is 0. The quantitative estimate of drug-likeness (QED) is 0.681. The third-order valence-corrected chi connectivity index (χ3v) is 1.54. The molecule has 64 valence electrons. The van der Waals surface area contributed by atoms with E-state index in [9.17, 15) is 13.6 Å². The minimum Gasteiger partial charge on any atom is -0.366 e. The van der Waals surface area contributed by atoms with Crippen molar-refractivity contribution in [1.82, 2.24) is 0 Å². The van der Waals surface area contributed by atoms with Crippen LogP contribution in [0.25, 0.3) is 0 Å². The summed E-state index contributed by atoms with van der Waals surface area (Å²) in [5.74, 6) is -3.17. The highest BCUT2D eigenvalue weighted by Crippen LogP contribution is 2.14. The number of amides is 1. The first-order valence-electron chi connectivity index (χ1n) is 3.28. The fourth-order valence-corrected chi connectivity index (χ4v) is 0.836. The van der Waals surface area contributed by atoms with Crippen molar-refractivity contribution in [2.75, 3.05) is 0 Å². The average molecular weight is 171 g/mol. The molecule has 0 aliphatic rings. The number of halogens is 2. The molecule has 1 rings (SSSR count). The first kappa shape index (κ1) is 8.64. The van der Waals surface area contributed by atoms with E-state index in [2.05, 4.69) is 0 Å². The molecule has 0 spiro atoms. The number of hydrogen-bond acceptors (Lipinski definition) is 1. The van der Waals surface area contributed by atoms with Gasteiger partial charge in [-0.2, -0.15) is 0 Å². The Hall–Kier alpha value is -1.45. The van der Waals surface area contributed by atoms with Gasteiger partial charge in [0.2, 0.25) is 0 Å². The van der Waals surface area contributed by atoms with Crippen LogP contribution in [-0.4, -0.2) is 5.91 Å². The second kappa shape index (κ2) is 2.89. The number of carbonyl (C=O) groups is 1. The van der Waals surface area contributed by atoms with E-state index in [1.54, 1.807) is 0 Å². The Morgan fingerprint density at radius 1 is 1.33 bits per heavy atom. The topological polar surface area (TPSA) is 43.1 Å². The molecule has 0 unspecified atom stereocenters. The van der Waals surface area contributed by atoms with Gasteiger partial charge in [0.25, 0.3) is 5.91 Å². The molecule has 0 saturated heterocycles. The molecule has 1 aromatic carbocycles. The largest absolute Gasteiger partial charge is 0.366 e. The standard InChI is InChI=1S/C8H7F2NO/c1-4-2-3-5(8(11)12)7(10)6(4)9/h2-3H,1H3,(H2,11,12). The van der Waals surface area contributed by atoms with Crippen LogP contribution in [-0.2, 0) is 0 Å². The third kappa shape index (κ3) is 1.28. The van der Waals surface area contributed by atoms with Gasteiger partial charge in [-0.1, -0.05) is 6.07 Å². The van der Waals surface area contributed by atoms with Crippen molar-refractivity contribution in [3.8, 4) is 0 Å². The first-order valence-corrected chi connectivity index (χ1v) is 3.28. The van der Waals surface area contributed by atoms with Gasteiger partial charge in [0.05, 0.1) is 5.56 Å². The summed E-state index contributed by atoms with van der Waals surface area (Å²) in [5, 5.41) is 0. The Bertz CT molecular complexity index is 336. The summed E-state index contributed by atoms with van der Waals surface area (Å²) >= 11 is 0. The molecule has 1 aromatic rings. The predicted octanol–water partition coefficient (Wildman–Crippen LogP) is 1.37. The maximum Gasteiger partial charge on any atom is 0.251 e. The van der Waals surface area contributed by atoms with E-state index in [1.807, 2.05) is 0 Å². The number of aryl methyl sites for hydroxylation is 1. The zero-order valence-electron chi connectivity index (χ0n) is 6.40. The molecule has 0 fully saturated rings. The van der Waals surface area contributed by atoms with Crippen molar-refractivity contribution in [1.29, 1.82) is 0 Å². The molecular weight excluding hydrogens is 164 g/mol. The summed E-state index contributed by atoms with van der Waals surface area (Å²) in [7, 11) is 0. The number of primary amides is 1. The highest BCUT2D eigenvalue weighted by atomic mass is 19.2. The van der Waals surface area contributed by atoms with Crippen LogP contribution >= 0.6 is 0 Å². The van der Waals surface area contributed by atoms with Crippen LogP contribution in [0.1, 0.15) is 15.9 Å². The maximum atomic E-state index is 12.8. The lowest BCUT2D eigenvalue weighted by molar-refractivity contribution is 0.0995. The monoisotopic (exact) mass is 171 g/mol. The molecule has 0 aromatic heterocycles. The zero-order valence-corrected chi connectivity index (χ0v) is 6.40. The van der Waals surface area contributed by atoms with E-state index in [4.69, 9.17) is 5.73 Å². The lowest BCUT2D eigenvalue weighted by Gasteiger charge is -2.01. The van der Waals surface area contributed by atoms with Crippen molar-refractivity contribution < 1.29 is 13.6 Å². The van der Waals surface area contributed by atoms with Gasteiger partial charge in [0.1, 0.15) is 0 Å². The Morgan fingerprint density at radius 2 is 1.92 bits per heavy atom. The number of hydrogen-bond donors (Lipinski definition) is 1. The molecule has 0 heterocycles. The van der Waals surface area contributed by atoms with Gasteiger partial charge in [-0.25, -0.2) is 8.78 Å². The summed E-state index contributed by atoms with van der Waals surface area (Å²) in [6, 6.07) is 2.47. The van der Waals surface area contributed by atoms with Crippen molar-refractivity contribution in [3.05, 3.63) is 34.9 Å². The number of rotatable bonds is 1. The third-order valence-electron chi connectivity index (χ3n) is 1.54. The van der Waals surface area contributed by atoms with Gasteiger partial charge < -0.3 is 5.73 Å². The van der Waals surface area contributed by atoms with Crippen LogP contribution in [0.15, 0.2) is 12.1 Å². The average Bonchev–Trinajstić information content (AvgIpc) is 2.00. The van der Waals surface area contributed by atoms with Crippen molar-refractivity contribution in [2.45, 2.75) is 6.92 Å². The minimum atomic E-state index is -1.18. The lowest BCUT2D eigenvalue weighted by atomic mass is 10.1. The summed E-state index contributed by atoms with van der Waals surface area (Å²) in [5.41, 5.74) is 4.52. The van der Waals surface area contributed by atoms with Crippen LogP contribution in [0.5, 0.6) is 0 Å². The number of carbonyl (C=O) groups excluding carboxylic acids is 1. The van der Waals surface area contributed by atoms with E-state index in [0.717, 1.165) is 6.07 Å². The zero-order chi connectivity index (χ0) is 9.30. The second-order valence-corrected chi connectivity index (χ2v) is 2.42. The smallest absolute Gasteiger partial charge is 0.251 e. The highest BCUT2D eigenvalue weighted by Gasteiger charge is 2.13. The van der Waals surface area contributed by atoms with Crippen LogP contribution in [0.2, 0.25) is 0 Å². The Balaban J connectivity index is 3.36. The van der Waals surface area contributed by atoms with E-state index < -0.39 is 23.1 Å². The molecule has 0 saturated carbocycles.